The second-order valence-corrected chi connectivity index (χ2v) is 7.38. The fraction of sp³-hybridized carbons (Fsp3) is 0.304. The minimum atomic E-state index is -0.603. The number of benzene rings is 2. The highest BCUT2D eigenvalue weighted by Crippen LogP contribution is 2.33. The average molecular weight is 404 g/mol. The zero-order valence-electron chi connectivity index (χ0n) is 17.3. The van der Waals surface area contributed by atoms with E-state index in [-0.39, 0.29) is 11.8 Å². The van der Waals surface area contributed by atoms with Crippen LogP contribution in [0.1, 0.15) is 25.8 Å². The zero-order chi connectivity index (χ0) is 21.3. The molecule has 7 heteroatoms. The molecular weight excluding hydrogens is 380 g/mol. The summed E-state index contributed by atoms with van der Waals surface area (Å²) in [5, 5.41) is 11.6. The van der Waals surface area contributed by atoms with E-state index in [0.717, 1.165) is 17.0 Å². The number of para-hydroxylation sites is 1. The van der Waals surface area contributed by atoms with Crippen LogP contribution in [0.3, 0.4) is 0 Å². The molecule has 7 nitrogen and oxygen atoms in total. The largest absolute Gasteiger partial charge is 0.494 e. The summed E-state index contributed by atoms with van der Waals surface area (Å²) >= 11 is 0. The van der Waals surface area contributed by atoms with Crippen molar-refractivity contribution in [2.24, 2.45) is 22.0 Å². The van der Waals surface area contributed by atoms with Gasteiger partial charge in [0.25, 0.3) is 5.91 Å². The molecule has 0 spiro atoms. The monoisotopic (exact) mass is 404 g/mol. The Bertz CT molecular complexity index is 1010. The third kappa shape index (κ3) is 3.58. The lowest BCUT2D eigenvalue weighted by Gasteiger charge is -2.30. The zero-order valence-corrected chi connectivity index (χ0v) is 17.3. The fourth-order valence-electron chi connectivity index (χ4n) is 3.95. The Morgan fingerprint density at radius 2 is 1.70 bits per heavy atom. The van der Waals surface area contributed by atoms with Gasteiger partial charge in [0.15, 0.2) is 0 Å². The van der Waals surface area contributed by atoms with E-state index in [2.05, 4.69) is 10.2 Å². The number of amides is 2. The predicted molar refractivity (Wildman–Crippen MR) is 116 cm³/mol. The van der Waals surface area contributed by atoms with Gasteiger partial charge in [0.05, 0.1) is 29.8 Å². The first-order valence-electron chi connectivity index (χ1n) is 10.0. The standard InChI is InChI=1S/C23H24N4O3/c1-4-30-18-12-10-16(11-13-18)20-14-19(22(28)26(3)25-20)21-15(2)24-27(23(21)29)17-8-6-5-7-9-17/h5-13,19,21H,4,14H2,1-3H3. The Morgan fingerprint density at radius 3 is 2.37 bits per heavy atom. The van der Waals surface area contributed by atoms with Crippen molar-refractivity contribution in [3.05, 3.63) is 60.2 Å². The van der Waals surface area contributed by atoms with E-state index in [4.69, 9.17) is 4.74 Å². The van der Waals surface area contributed by atoms with Gasteiger partial charge in [0, 0.05) is 19.2 Å². The van der Waals surface area contributed by atoms with Crippen molar-refractivity contribution in [1.29, 1.82) is 0 Å². The second kappa shape index (κ2) is 8.10. The number of hydrogen-bond acceptors (Lipinski definition) is 5. The van der Waals surface area contributed by atoms with Crippen molar-refractivity contribution in [3.8, 4) is 5.75 Å². The van der Waals surface area contributed by atoms with Crippen molar-refractivity contribution in [2.45, 2.75) is 20.3 Å². The minimum absolute atomic E-state index is 0.174. The number of hydrazone groups is 2. The first-order valence-corrected chi connectivity index (χ1v) is 10.0. The third-order valence-corrected chi connectivity index (χ3v) is 5.40. The Balaban J connectivity index is 1.60. The molecule has 2 aliphatic heterocycles. The molecular formula is C23H24N4O3. The Hall–Kier alpha value is -3.48. The average Bonchev–Trinajstić information content (AvgIpc) is 3.05. The van der Waals surface area contributed by atoms with Crippen LogP contribution in [0.25, 0.3) is 0 Å². The molecule has 2 aromatic carbocycles. The van der Waals surface area contributed by atoms with Crippen LogP contribution in [0.5, 0.6) is 5.75 Å². The van der Waals surface area contributed by atoms with Crippen molar-refractivity contribution in [1.82, 2.24) is 5.01 Å². The Morgan fingerprint density at radius 1 is 1.00 bits per heavy atom. The normalized spacial score (nSPS) is 21.6. The third-order valence-electron chi connectivity index (χ3n) is 5.40. The van der Waals surface area contributed by atoms with E-state index >= 15 is 0 Å². The number of carbonyl (C=O) groups is 2. The van der Waals surface area contributed by atoms with Crippen molar-refractivity contribution in [2.75, 3.05) is 18.7 Å². The van der Waals surface area contributed by atoms with Gasteiger partial charge in [0.2, 0.25) is 5.91 Å². The first-order chi connectivity index (χ1) is 14.5. The van der Waals surface area contributed by atoms with E-state index in [1.54, 1.807) is 14.0 Å². The van der Waals surface area contributed by atoms with Crippen LogP contribution in [0, 0.1) is 11.8 Å². The summed E-state index contributed by atoms with van der Waals surface area (Å²) in [4.78, 5) is 26.1. The highest BCUT2D eigenvalue weighted by Gasteiger charge is 2.46. The van der Waals surface area contributed by atoms with Gasteiger partial charge in [-0.15, -0.1) is 0 Å². The predicted octanol–water partition coefficient (Wildman–Crippen LogP) is 3.31. The molecule has 2 unspecified atom stereocenters. The fourth-order valence-corrected chi connectivity index (χ4v) is 3.95. The van der Waals surface area contributed by atoms with Gasteiger partial charge in [-0.05, 0) is 55.8 Å². The van der Waals surface area contributed by atoms with Crippen LogP contribution in [-0.2, 0) is 9.59 Å². The van der Waals surface area contributed by atoms with Crippen LogP contribution in [0.15, 0.2) is 64.8 Å². The van der Waals surface area contributed by atoms with E-state index < -0.39 is 11.8 Å². The van der Waals surface area contributed by atoms with Crippen LogP contribution < -0.4 is 9.75 Å². The SMILES string of the molecule is CCOc1ccc(C2=NN(C)C(=O)C(C3C(=O)N(c4ccccc4)N=C3C)C2)cc1. The molecule has 2 aromatic rings. The minimum Gasteiger partial charge on any atom is -0.494 e. The number of carbonyl (C=O) groups excluding carboxylic acids is 2. The van der Waals surface area contributed by atoms with Crippen LogP contribution in [-0.4, -0.2) is 41.9 Å². The van der Waals surface area contributed by atoms with E-state index in [1.807, 2.05) is 61.5 Å². The maximum atomic E-state index is 13.2. The Labute approximate surface area is 175 Å². The maximum Gasteiger partial charge on any atom is 0.257 e. The number of ether oxygens (including phenoxy) is 1. The molecule has 154 valence electrons. The second-order valence-electron chi connectivity index (χ2n) is 7.38. The van der Waals surface area contributed by atoms with Gasteiger partial charge in [0.1, 0.15) is 5.75 Å². The van der Waals surface area contributed by atoms with Crippen LogP contribution in [0.4, 0.5) is 5.69 Å². The number of nitrogens with zero attached hydrogens (tertiary/aromatic N) is 4. The smallest absolute Gasteiger partial charge is 0.257 e. The summed E-state index contributed by atoms with van der Waals surface area (Å²) in [6, 6.07) is 16.9. The molecule has 0 fully saturated rings. The van der Waals surface area contributed by atoms with Crippen LogP contribution >= 0.6 is 0 Å². The molecule has 30 heavy (non-hydrogen) atoms. The highest BCUT2D eigenvalue weighted by atomic mass is 16.5. The summed E-state index contributed by atoms with van der Waals surface area (Å²) in [5.41, 5.74) is 3.01. The van der Waals surface area contributed by atoms with Crippen molar-refractivity contribution < 1.29 is 14.3 Å². The van der Waals surface area contributed by atoms with Gasteiger partial charge >= 0.3 is 0 Å². The summed E-state index contributed by atoms with van der Waals surface area (Å²) in [7, 11) is 1.63. The highest BCUT2D eigenvalue weighted by molar-refractivity contribution is 6.18. The molecule has 0 bridgehead atoms. The number of anilines is 1. The first kappa shape index (κ1) is 19.8. The van der Waals surface area contributed by atoms with Gasteiger partial charge in [-0.2, -0.15) is 10.2 Å². The number of rotatable bonds is 5. The van der Waals surface area contributed by atoms with Gasteiger partial charge < -0.3 is 4.74 Å². The van der Waals surface area contributed by atoms with E-state index in [1.165, 1.54) is 10.0 Å². The Kier molecular flexibility index (Phi) is 5.35. The molecule has 2 heterocycles. The summed E-state index contributed by atoms with van der Waals surface area (Å²) in [5.74, 6) is -0.718. The topological polar surface area (TPSA) is 74.6 Å². The van der Waals surface area contributed by atoms with Gasteiger partial charge in [-0.3, -0.25) is 9.59 Å². The summed E-state index contributed by atoms with van der Waals surface area (Å²) in [6.45, 7) is 4.34. The molecule has 2 aliphatic rings. The summed E-state index contributed by atoms with van der Waals surface area (Å²) < 4.78 is 5.50. The molecule has 0 aliphatic carbocycles. The molecule has 0 saturated carbocycles. The van der Waals surface area contributed by atoms with Crippen LogP contribution in [0.2, 0.25) is 0 Å². The molecule has 0 radical (unpaired) electrons. The quantitative estimate of drug-likeness (QED) is 0.767. The molecule has 0 saturated heterocycles. The lowest BCUT2D eigenvalue weighted by Crippen LogP contribution is -2.44. The lowest BCUT2D eigenvalue weighted by atomic mass is 9.82. The van der Waals surface area contributed by atoms with Crippen molar-refractivity contribution >= 4 is 28.9 Å². The maximum absolute atomic E-state index is 13.2. The lowest BCUT2D eigenvalue weighted by molar-refractivity contribution is -0.138. The van der Waals surface area contributed by atoms with Gasteiger partial charge in [-0.25, -0.2) is 10.0 Å². The molecule has 2 atom stereocenters. The molecule has 4 rings (SSSR count). The molecule has 0 aromatic heterocycles. The molecule has 0 N–H and O–H groups in total. The van der Waals surface area contributed by atoms with Crippen molar-refractivity contribution in [3.63, 3.8) is 0 Å². The van der Waals surface area contributed by atoms with Gasteiger partial charge in [-0.1, -0.05) is 18.2 Å². The summed E-state index contributed by atoms with van der Waals surface area (Å²) in [6.07, 6.45) is 0.378. The molecule has 2 amide bonds. The van der Waals surface area contributed by atoms with E-state index in [9.17, 15) is 9.59 Å². The number of hydrogen-bond donors (Lipinski definition) is 0. The van der Waals surface area contributed by atoms with E-state index in [0.29, 0.717) is 24.4 Å².